The summed E-state index contributed by atoms with van der Waals surface area (Å²) in [6.07, 6.45) is 2.93. The van der Waals surface area contributed by atoms with E-state index in [2.05, 4.69) is 83.4 Å². The van der Waals surface area contributed by atoms with Crippen LogP contribution in [0.3, 0.4) is 0 Å². The molecule has 0 aromatic heterocycles. The Kier molecular flexibility index (Phi) is 39.7. The fourth-order valence-corrected chi connectivity index (χ4v) is 13.2. The molecule has 23 N–H and O–H groups in total. The molecule has 16 atom stereocenters. The van der Waals surface area contributed by atoms with Gasteiger partial charge in [0.15, 0.2) is 5.96 Å². The van der Waals surface area contributed by atoms with Crippen LogP contribution in [-0.2, 0) is 73.5 Å². The lowest BCUT2D eigenvalue weighted by Gasteiger charge is -2.35. The first-order valence-electron chi connectivity index (χ1n) is 36.8. The number of likely N-dealkylation sites (tertiary alicyclic amines) is 3. The fourth-order valence-electron chi connectivity index (χ4n) is 12.7. The molecule has 0 spiro atoms. The summed E-state index contributed by atoms with van der Waals surface area (Å²) in [5.41, 5.74) is 28.8. The summed E-state index contributed by atoms with van der Waals surface area (Å²) in [6, 6.07) is -8.43. The summed E-state index contributed by atoms with van der Waals surface area (Å²) >= 11 is 8.59. The number of rotatable bonds is 46. The average Bonchev–Trinajstić information content (AvgIpc) is 1.69. The van der Waals surface area contributed by atoms with Gasteiger partial charge in [0.05, 0.1) is 25.3 Å². The standard InChI is InChI=1S/C69H115N19O17S2/c1-6-38(3)53(63(99)82-47(36-106)60(96)79-45(33-41-19-9-8-10-20-41)65(101)88-32-18-26-51(88)68(104)105)83-62(98)49-24-16-30-86(49)66(102)50-25-17-31-87(50)67(103)54(39(4)7-2)84-59(95)46(35-89)80-58(94)44(22-12-14-28-71)78-64(100)55(40(5)90)85-61(97)48(37-107)81-57(93)43(23-15-29-75-69(73)74)77-52(91)34-76-56(92)42(72)21-11-13-27-70/h8-10,19-20,38-40,42-51,53-55,89-90,106-107H,6-7,11-18,21-37,70-72H2,1-5H3,(H,76,92)(H,77,91)(H,78,100)(H,79,96)(H,80,94)(H,81,93)(H,82,99)(H,83,98)(H,84,95)(H,85,97)(H,104,105)(H4,73,74,75)/t38-,39-,40+,42-,43-,44-,45-,46-,47-,48-,49-,50-,51-,53-,54-,55-/m0/s1. The molecule has 3 heterocycles. The lowest BCUT2D eigenvalue weighted by molar-refractivity contribution is -0.149. The normalized spacial score (nSPS) is 19.2. The van der Waals surface area contributed by atoms with Crippen molar-refractivity contribution in [2.45, 2.75) is 228 Å². The first-order valence-corrected chi connectivity index (χ1v) is 38.1. The molecule has 0 unspecified atom stereocenters. The Bertz CT molecular complexity index is 3200. The number of carbonyl (C=O) groups excluding carboxylic acids is 13. The molecular weight excluding hydrogens is 1430 g/mol. The van der Waals surface area contributed by atoms with Gasteiger partial charge in [0.25, 0.3) is 0 Å². The third-order valence-corrected chi connectivity index (χ3v) is 20.1. The number of aliphatic hydroxyl groups excluding tert-OH is 2. The molecule has 38 heteroatoms. The maximum absolute atomic E-state index is 14.8. The van der Waals surface area contributed by atoms with E-state index in [4.69, 9.17) is 28.7 Å². The molecule has 0 radical (unpaired) electrons. The molecule has 107 heavy (non-hydrogen) atoms. The number of guanidine groups is 1. The number of amides is 13. The zero-order chi connectivity index (χ0) is 79.6. The van der Waals surface area contributed by atoms with Gasteiger partial charge in [-0.05, 0) is 121 Å². The minimum Gasteiger partial charge on any atom is -0.480 e. The molecule has 1 aromatic carbocycles. The summed E-state index contributed by atoms with van der Waals surface area (Å²) in [5.74, 6) is -13.6. The average molecular weight is 1550 g/mol. The van der Waals surface area contributed by atoms with Crippen LogP contribution in [-0.4, -0.2) is 267 Å². The predicted molar refractivity (Wildman–Crippen MR) is 401 cm³/mol. The third-order valence-electron chi connectivity index (χ3n) is 19.4. The van der Waals surface area contributed by atoms with Crippen molar-refractivity contribution in [3.8, 4) is 0 Å². The molecule has 0 saturated carbocycles. The van der Waals surface area contributed by atoms with Gasteiger partial charge in [-0.1, -0.05) is 77.3 Å². The van der Waals surface area contributed by atoms with Gasteiger partial charge < -0.3 is 112 Å². The molecule has 0 bridgehead atoms. The Labute approximate surface area is 635 Å². The van der Waals surface area contributed by atoms with Crippen molar-refractivity contribution in [1.29, 1.82) is 0 Å². The first-order chi connectivity index (χ1) is 50.9. The monoisotopic (exact) mass is 1550 g/mol. The molecular formula is C69H115N19O17S2. The van der Waals surface area contributed by atoms with Crippen molar-refractivity contribution in [3.05, 3.63) is 35.9 Å². The van der Waals surface area contributed by atoms with E-state index in [-0.39, 0.29) is 102 Å². The largest absolute Gasteiger partial charge is 0.480 e. The highest BCUT2D eigenvalue weighted by Crippen LogP contribution is 2.28. The van der Waals surface area contributed by atoms with Crippen LogP contribution in [0.1, 0.15) is 143 Å². The molecule has 4 rings (SSSR count). The van der Waals surface area contributed by atoms with Gasteiger partial charge >= 0.3 is 5.97 Å². The topological polar surface area (TPSA) is 572 Å². The van der Waals surface area contributed by atoms with Crippen molar-refractivity contribution < 1.29 is 82.4 Å². The highest BCUT2D eigenvalue weighted by Gasteiger charge is 2.46. The van der Waals surface area contributed by atoms with E-state index in [0.29, 0.717) is 69.9 Å². The van der Waals surface area contributed by atoms with Crippen LogP contribution in [0, 0.1) is 11.8 Å². The second-order valence-electron chi connectivity index (χ2n) is 27.4. The number of nitrogens with two attached hydrogens (primary N) is 5. The van der Waals surface area contributed by atoms with Crippen molar-refractivity contribution >= 4 is 114 Å². The Morgan fingerprint density at radius 2 is 1.00 bits per heavy atom. The molecule has 1 aromatic rings. The van der Waals surface area contributed by atoms with E-state index in [1.165, 1.54) is 14.7 Å². The van der Waals surface area contributed by atoms with Gasteiger partial charge in [-0.25, -0.2) is 4.79 Å². The predicted octanol–water partition coefficient (Wildman–Crippen LogP) is -5.27. The maximum Gasteiger partial charge on any atom is 0.326 e. The number of aliphatic carboxylic acids is 1. The van der Waals surface area contributed by atoms with Crippen LogP contribution in [0.2, 0.25) is 0 Å². The molecule has 3 saturated heterocycles. The smallest absolute Gasteiger partial charge is 0.326 e. The summed E-state index contributed by atoms with van der Waals surface area (Å²) in [6.45, 7) is 7.50. The number of aliphatic hydroxyl groups is 2. The van der Waals surface area contributed by atoms with Gasteiger partial charge in [0, 0.05) is 44.1 Å². The Morgan fingerprint density at radius 3 is 1.56 bits per heavy atom. The lowest BCUT2D eigenvalue weighted by Crippen LogP contribution is -2.62. The van der Waals surface area contributed by atoms with Crippen LogP contribution in [0.5, 0.6) is 0 Å². The summed E-state index contributed by atoms with van der Waals surface area (Å²) in [5, 5.41) is 57.0. The van der Waals surface area contributed by atoms with E-state index in [1.807, 2.05) is 0 Å². The maximum atomic E-state index is 14.8. The summed E-state index contributed by atoms with van der Waals surface area (Å²) < 4.78 is 0. The fraction of sp³-hybridized carbons (Fsp3) is 0.696. The second-order valence-corrected chi connectivity index (χ2v) is 28.1. The van der Waals surface area contributed by atoms with Crippen molar-refractivity contribution in [1.82, 2.24) is 67.9 Å². The summed E-state index contributed by atoms with van der Waals surface area (Å²) in [4.78, 5) is 202. The van der Waals surface area contributed by atoms with Gasteiger partial charge in [-0.15, -0.1) is 0 Å². The number of hydrogen-bond donors (Lipinski definition) is 20. The number of nitrogens with one attached hydrogen (secondary N) is 10. The van der Waals surface area contributed by atoms with E-state index in [1.54, 1.807) is 58.0 Å². The Hall–Kier alpha value is -8.43. The van der Waals surface area contributed by atoms with Crippen LogP contribution < -0.4 is 81.8 Å². The van der Waals surface area contributed by atoms with Gasteiger partial charge in [0.2, 0.25) is 76.8 Å². The van der Waals surface area contributed by atoms with E-state index < -0.39 is 192 Å². The highest BCUT2D eigenvalue weighted by molar-refractivity contribution is 7.80. The van der Waals surface area contributed by atoms with Crippen LogP contribution >= 0.6 is 25.3 Å². The number of unbranched alkanes of at least 4 members (excludes halogenated alkanes) is 2. The number of hydrogen-bond acceptors (Lipinski definition) is 22. The summed E-state index contributed by atoms with van der Waals surface area (Å²) in [7, 11) is 0. The minimum atomic E-state index is -1.80. The zero-order valence-corrected chi connectivity index (χ0v) is 63.6. The van der Waals surface area contributed by atoms with E-state index in [0.717, 1.165) is 6.92 Å². The van der Waals surface area contributed by atoms with Gasteiger partial charge in [-0.2, -0.15) is 25.3 Å². The molecule has 3 fully saturated rings. The van der Waals surface area contributed by atoms with E-state index in [9.17, 15) is 82.4 Å². The minimum absolute atomic E-state index is 0.0138. The molecule has 3 aliphatic heterocycles. The quantitative estimate of drug-likeness (QED) is 0.0125. The number of carboxylic acid groups (broad SMARTS) is 1. The van der Waals surface area contributed by atoms with Crippen molar-refractivity contribution in [2.24, 2.45) is 45.5 Å². The number of nitrogens with zero attached hydrogens (tertiary/aromatic N) is 4. The first kappa shape index (κ1) is 91.0. The SMILES string of the molecule is CC[C@H](C)[C@H](NC(=O)[C@@H]1CCCN1C(=O)[C@@H]1CCCN1C(=O)[C@@H](NC(=O)[C@H](CO)NC(=O)[C@H](CCCCN)NC(=O)[C@@H](NC(=O)[C@H](CS)NC(=O)[C@H](CCCN=C(N)N)NC(=O)CNC(=O)[C@@H](N)CCCCN)[C@@H](C)O)[C@@H](C)CC)C(=O)N[C@@H](CS)C(=O)N[C@@H](Cc1ccccc1)C(=O)N1CCC[C@H]1C(=O)O. The zero-order valence-electron chi connectivity index (χ0n) is 61.8. The van der Waals surface area contributed by atoms with Crippen molar-refractivity contribution in [2.75, 3.05) is 63.9 Å². The van der Waals surface area contributed by atoms with E-state index >= 15 is 0 Å². The van der Waals surface area contributed by atoms with Crippen LogP contribution in [0.4, 0.5) is 0 Å². The Morgan fingerprint density at radius 1 is 0.533 bits per heavy atom. The lowest BCUT2D eigenvalue weighted by atomic mass is 9.96. The molecule has 36 nitrogen and oxygen atoms in total. The van der Waals surface area contributed by atoms with Crippen LogP contribution in [0.25, 0.3) is 0 Å². The second kappa shape index (κ2) is 46.7. The highest BCUT2D eigenvalue weighted by atomic mass is 32.1. The van der Waals surface area contributed by atoms with Crippen LogP contribution in [0.15, 0.2) is 35.3 Å². The van der Waals surface area contributed by atoms with Gasteiger partial charge in [-0.3, -0.25) is 67.3 Å². The molecule has 0 aliphatic carbocycles. The number of thiol groups is 2. The molecule has 600 valence electrons. The van der Waals surface area contributed by atoms with Gasteiger partial charge in [0.1, 0.15) is 72.5 Å². The number of aliphatic imine (C=N–C) groups is 1. The third kappa shape index (κ3) is 28.3. The molecule has 3 aliphatic rings. The van der Waals surface area contributed by atoms with Crippen molar-refractivity contribution in [3.63, 3.8) is 0 Å². The number of benzene rings is 1. The Balaban J connectivity index is 1.46. The molecule has 13 amide bonds. The number of carbonyl (C=O) groups is 14. The number of carboxylic acids is 1.